The van der Waals surface area contributed by atoms with E-state index in [0.29, 0.717) is 38.8 Å². The maximum atomic E-state index is 11.4. The Bertz CT molecular complexity index is 229. The maximum absolute atomic E-state index is 11.4. The number of rotatable bonds is 15. The van der Waals surface area contributed by atoms with Crippen LogP contribution in [-0.4, -0.2) is 39.0 Å². The van der Waals surface area contributed by atoms with Crippen molar-refractivity contribution in [3.8, 4) is 0 Å². The average molecular weight is 302 g/mol. The minimum absolute atomic E-state index is 0.119. The standard InChI is InChI=1S/C17H34O4/c1-4-5-6-7-11-19-14-15-20-12-8-9-17(18)21-13-10-16(2)3/h16H,4-15H2,1-3H3. The third-order valence-corrected chi connectivity index (χ3v) is 3.14. The largest absolute Gasteiger partial charge is 0.466 e. The molecule has 0 atom stereocenters. The van der Waals surface area contributed by atoms with E-state index in [2.05, 4.69) is 20.8 Å². The van der Waals surface area contributed by atoms with Gasteiger partial charge in [0.25, 0.3) is 0 Å². The molecule has 0 aromatic rings. The Morgan fingerprint density at radius 2 is 1.52 bits per heavy atom. The Kier molecular flexibility index (Phi) is 15.3. The predicted octanol–water partition coefficient (Wildman–Crippen LogP) is 3.97. The molecule has 0 spiro atoms. The van der Waals surface area contributed by atoms with Crippen LogP contribution in [0, 0.1) is 5.92 Å². The van der Waals surface area contributed by atoms with Gasteiger partial charge in [-0.2, -0.15) is 0 Å². The summed E-state index contributed by atoms with van der Waals surface area (Å²) in [6.45, 7) is 9.64. The molecular weight excluding hydrogens is 268 g/mol. The van der Waals surface area contributed by atoms with Gasteiger partial charge < -0.3 is 14.2 Å². The van der Waals surface area contributed by atoms with E-state index in [0.717, 1.165) is 25.9 Å². The molecule has 0 aromatic heterocycles. The summed E-state index contributed by atoms with van der Waals surface area (Å²) in [5, 5.41) is 0. The van der Waals surface area contributed by atoms with E-state index in [1.165, 1.54) is 19.3 Å². The maximum Gasteiger partial charge on any atom is 0.305 e. The first kappa shape index (κ1) is 20.4. The van der Waals surface area contributed by atoms with E-state index in [1.54, 1.807) is 0 Å². The number of hydrogen-bond acceptors (Lipinski definition) is 4. The Hall–Kier alpha value is -0.610. The molecule has 21 heavy (non-hydrogen) atoms. The number of unbranched alkanes of at least 4 members (excludes halogenated alkanes) is 3. The molecular formula is C17H34O4. The molecule has 0 unspecified atom stereocenters. The zero-order valence-electron chi connectivity index (χ0n) is 14.2. The lowest BCUT2D eigenvalue weighted by atomic mass is 10.1. The molecule has 0 saturated carbocycles. The van der Waals surface area contributed by atoms with Crippen LogP contribution >= 0.6 is 0 Å². The molecule has 4 nitrogen and oxygen atoms in total. The average Bonchev–Trinajstić information content (AvgIpc) is 2.44. The molecule has 0 fully saturated rings. The first-order chi connectivity index (χ1) is 10.2. The van der Waals surface area contributed by atoms with Crippen LogP contribution < -0.4 is 0 Å². The Morgan fingerprint density at radius 1 is 0.857 bits per heavy atom. The van der Waals surface area contributed by atoms with Gasteiger partial charge in [0.1, 0.15) is 0 Å². The molecule has 126 valence electrons. The van der Waals surface area contributed by atoms with Gasteiger partial charge in [0.15, 0.2) is 0 Å². The second kappa shape index (κ2) is 15.8. The summed E-state index contributed by atoms with van der Waals surface area (Å²) >= 11 is 0. The van der Waals surface area contributed by atoms with E-state index in [9.17, 15) is 4.79 Å². The number of esters is 1. The minimum Gasteiger partial charge on any atom is -0.466 e. The SMILES string of the molecule is CCCCCCOCCOCCCC(=O)OCCC(C)C. The van der Waals surface area contributed by atoms with Crippen LogP contribution in [0.2, 0.25) is 0 Å². The molecule has 0 saturated heterocycles. The first-order valence-corrected chi connectivity index (χ1v) is 8.48. The normalized spacial score (nSPS) is 11.0. The highest BCUT2D eigenvalue weighted by molar-refractivity contribution is 5.69. The Morgan fingerprint density at radius 3 is 2.14 bits per heavy atom. The molecule has 0 heterocycles. The molecule has 0 rings (SSSR count). The zero-order valence-corrected chi connectivity index (χ0v) is 14.2. The molecule has 4 heteroatoms. The minimum atomic E-state index is -0.119. The number of hydrogen-bond donors (Lipinski definition) is 0. The second-order valence-corrected chi connectivity index (χ2v) is 5.79. The van der Waals surface area contributed by atoms with Crippen molar-refractivity contribution in [2.24, 2.45) is 5.92 Å². The molecule has 0 aliphatic carbocycles. The quantitative estimate of drug-likeness (QED) is 0.339. The van der Waals surface area contributed by atoms with Gasteiger partial charge in [-0.3, -0.25) is 4.79 Å². The third kappa shape index (κ3) is 17.3. The van der Waals surface area contributed by atoms with Crippen LogP contribution in [0.25, 0.3) is 0 Å². The van der Waals surface area contributed by atoms with Crippen molar-refractivity contribution >= 4 is 5.97 Å². The summed E-state index contributed by atoms with van der Waals surface area (Å²) in [7, 11) is 0. The zero-order chi connectivity index (χ0) is 15.8. The fraction of sp³-hybridized carbons (Fsp3) is 0.941. The van der Waals surface area contributed by atoms with E-state index in [1.807, 2.05) is 0 Å². The predicted molar refractivity (Wildman–Crippen MR) is 85.4 cm³/mol. The third-order valence-electron chi connectivity index (χ3n) is 3.14. The van der Waals surface area contributed by atoms with Crippen molar-refractivity contribution in [1.29, 1.82) is 0 Å². The summed E-state index contributed by atoms with van der Waals surface area (Å²) in [6, 6.07) is 0. The Balaban J connectivity index is 3.12. The Labute approximate surface area is 130 Å². The number of ether oxygens (including phenoxy) is 3. The van der Waals surface area contributed by atoms with E-state index >= 15 is 0 Å². The first-order valence-electron chi connectivity index (χ1n) is 8.48. The van der Waals surface area contributed by atoms with Crippen LogP contribution in [0.15, 0.2) is 0 Å². The van der Waals surface area contributed by atoms with Gasteiger partial charge in [-0.15, -0.1) is 0 Å². The van der Waals surface area contributed by atoms with E-state index in [4.69, 9.17) is 14.2 Å². The van der Waals surface area contributed by atoms with Gasteiger partial charge in [-0.25, -0.2) is 0 Å². The van der Waals surface area contributed by atoms with Gasteiger partial charge in [0.2, 0.25) is 0 Å². The summed E-state index contributed by atoms with van der Waals surface area (Å²) in [4.78, 5) is 11.4. The van der Waals surface area contributed by atoms with Crippen LogP contribution in [0.4, 0.5) is 0 Å². The van der Waals surface area contributed by atoms with Gasteiger partial charge in [0, 0.05) is 19.6 Å². The summed E-state index contributed by atoms with van der Waals surface area (Å²) < 4.78 is 16.0. The highest BCUT2D eigenvalue weighted by Crippen LogP contribution is 2.01. The summed E-state index contributed by atoms with van der Waals surface area (Å²) in [5.74, 6) is 0.453. The van der Waals surface area contributed by atoms with Crippen LogP contribution in [0.1, 0.15) is 65.7 Å². The summed E-state index contributed by atoms with van der Waals surface area (Å²) in [5.41, 5.74) is 0. The lowest BCUT2D eigenvalue weighted by Crippen LogP contribution is -2.10. The van der Waals surface area contributed by atoms with Crippen LogP contribution in [0.3, 0.4) is 0 Å². The molecule has 0 radical (unpaired) electrons. The number of carbonyl (C=O) groups is 1. The van der Waals surface area contributed by atoms with Crippen molar-refractivity contribution in [2.45, 2.75) is 65.7 Å². The second-order valence-electron chi connectivity index (χ2n) is 5.79. The van der Waals surface area contributed by atoms with Crippen molar-refractivity contribution in [2.75, 3.05) is 33.0 Å². The molecule has 0 bridgehead atoms. The lowest BCUT2D eigenvalue weighted by Gasteiger charge is -2.07. The van der Waals surface area contributed by atoms with Crippen molar-refractivity contribution in [3.05, 3.63) is 0 Å². The number of carbonyl (C=O) groups excluding carboxylic acids is 1. The van der Waals surface area contributed by atoms with Gasteiger partial charge in [0.05, 0.1) is 19.8 Å². The van der Waals surface area contributed by atoms with Gasteiger partial charge in [-0.1, -0.05) is 40.0 Å². The van der Waals surface area contributed by atoms with Gasteiger partial charge >= 0.3 is 5.97 Å². The molecule has 0 aliphatic heterocycles. The molecule has 0 aliphatic rings. The topological polar surface area (TPSA) is 44.8 Å². The smallest absolute Gasteiger partial charge is 0.305 e. The summed E-state index contributed by atoms with van der Waals surface area (Å²) in [6.07, 6.45) is 7.01. The highest BCUT2D eigenvalue weighted by atomic mass is 16.5. The van der Waals surface area contributed by atoms with Crippen molar-refractivity contribution in [1.82, 2.24) is 0 Å². The van der Waals surface area contributed by atoms with Crippen LogP contribution in [-0.2, 0) is 19.0 Å². The highest BCUT2D eigenvalue weighted by Gasteiger charge is 2.03. The van der Waals surface area contributed by atoms with Crippen molar-refractivity contribution < 1.29 is 19.0 Å². The van der Waals surface area contributed by atoms with Crippen molar-refractivity contribution in [3.63, 3.8) is 0 Å². The fourth-order valence-electron chi connectivity index (χ4n) is 1.75. The molecule has 0 aromatic carbocycles. The monoisotopic (exact) mass is 302 g/mol. The molecule has 0 amide bonds. The van der Waals surface area contributed by atoms with Gasteiger partial charge in [-0.05, 0) is 25.2 Å². The van der Waals surface area contributed by atoms with E-state index < -0.39 is 0 Å². The fourth-order valence-corrected chi connectivity index (χ4v) is 1.75. The molecule has 0 N–H and O–H groups in total. The van der Waals surface area contributed by atoms with E-state index in [-0.39, 0.29) is 5.97 Å². The lowest BCUT2D eigenvalue weighted by molar-refractivity contribution is -0.144. The van der Waals surface area contributed by atoms with Crippen LogP contribution in [0.5, 0.6) is 0 Å².